The van der Waals surface area contributed by atoms with E-state index in [0.29, 0.717) is 11.7 Å². The summed E-state index contributed by atoms with van der Waals surface area (Å²) in [6, 6.07) is 7.62. The predicted molar refractivity (Wildman–Crippen MR) is 106 cm³/mol. The van der Waals surface area contributed by atoms with Crippen molar-refractivity contribution in [1.29, 1.82) is 0 Å². The summed E-state index contributed by atoms with van der Waals surface area (Å²) in [7, 11) is 1.65. The third-order valence-electron chi connectivity index (χ3n) is 5.07. The lowest BCUT2D eigenvalue weighted by Crippen LogP contribution is -2.18. The van der Waals surface area contributed by atoms with Crippen LogP contribution in [-0.2, 0) is 12.8 Å². The average Bonchev–Trinajstić information content (AvgIpc) is 3.00. The Hall–Kier alpha value is -2.34. The zero-order chi connectivity index (χ0) is 18.3. The SMILES string of the molecule is COc1ccc(N[C@H](C)c2nc3sc4c(c3c(=O)[nH]2)CC[C@H](C)C4)cc1. The molecule has 0 spiro atoms. The number of nitrogens with zero attached hydrogens (tertiary/aromatic N) is 1. The molecule has 0 fully saturated rings. The van der Waals surface area contributed by atoms with E-state index in [1.54, 1.807) is 18.4 Å². The van der Waals surface area contributed by atoms with Crippen LogP contribution in [0.25, 0.3) is 10.2 Å². The Morgan fingerprint density at radius 1 is 1.35 bits per heavy atom. The minimum absolute atomic E-state index is 0.0135. The van der Waals surface area contributed by atoms with E-state index in [-0.39, 0.29) is 11.6 Å². The highest BCUT2D eigenvalue weighted by Crippen LogP contribution is 2.36. The molecule has 6 heteroatoms. The van der Waals surface area contributed by atoms with Crippen molar-refractivity contribution in [3.8, 4) is 5.75 Å². The second kappa shape index (κ2) is 6.76. The van der Waals surface area contributed by atoms with Crippen LogP contribution in [0.15, 0.2) is 29.1 Å². The average molecular weight is 369 g/mol. The lowest BCUT2D eigenvalue weighted by atomic mass is 9.89. The number of H-pyrrole nitrogens is 1. The van der Waals surface area contributed by atoms with Gasteiger partial charge < -0.3 is 15.0 Å². The number of methoxy groups -OCH3 is 1. The Morgan fingerprint density at radius 3 is 2.85 bits per heavy atom. The number of fused-ring (bicyclic) bond motifs is 3. The summed E-state index contributed by atoms with van der Waals surface area (Å²) in [6.45, 7) is 4.28. The fourth-order valence-electron chi connectivity index (χ4n) is 3.58. The topological polar surface area (TPSA) is 67.0 Å². The number of rotatable bonds is 4. The van der Waals surface area contributed by atoms with Crippen molar-refractivity contribution >= 4 is 27.2 Å². The van der Waals surface area contributed by atoms with E-state index in [0.717, 1.165) is 40.9 Å². The van der Waals surface area contributed by atoms with E-state index < -0.39 is 0 Å². The van der Waals surface area contributed by atoms with Crippen molar-refractivity contribution in [3.63, 3.8) is 0 Å². The smallest absolute Gasteiger partial charge is 0.259 e. The van der Waals surface area contributed by atoms with Crippen LogP contribution in [0.3, 0.4) is 0 Å². The van der Waals surface area contributed by atoms with Gasteiger partial charge in [-0.05, 0) is 61.9 Å². The van der Waals surface area contributed by atoms with Gasteiger partial charge in [-0.15, -0.1) is 11.3 Å². The van der Waals surface area contributed by atoms with Crippen molar-refractivity contribution in [3.05, 3.63) is 50.9 Å². The molecule has 0 unspecified atom stereocenters. The molecular weight excluding hydrogens is 346 g/mol. The molecular formula is C20H23N3O2S. The number of hydrogen-bond acceptors (Lipinski definition) is 5. The Kier molecular flexibility index (Phi) is 4.44. The largest absolute Gasteiger partial charge is 0.497 e. The number of anilines is 1. The first-order chi connectivity index (χ1) is 12.5. The van der Waals surface area contributed by atoms with Gasteiger partial charge in [-0.1, -0.05) is 6.92 Å². The van der Waals surface area contributed by atoms with Crippen LogP contribution < -0.4 is 15.6 Å². The van der Waals surface area contributed by atoms with Crippen LogP contribution in [0.5, 0.6) is 5.75 Å². The minimum Gasteiger partial charge on any atom is -0.497 e. The summed E-state index contributed by atoms with van der Waals surface area (Å²) in [5.41, 5.74) is 2.17. The number of aromatic amines is 1. The van der Waals surface area contributed by atoms with Gasteiger partial charge in [0.2, 0.25) is 0 Å². The summed E-state index contributed by atoms with van der Waals surface area (Å²) in [6.07, 6.45) is 3.19. The number of nitrogens with one attached hydrogen (secondary N) is 2. The molecule has 2 aromatic heterocycles. The lowest BCUT2D eigenvalue weighted by Gasteiger charge is -2.17. The second-order valence-electron chi connectivity index (χ2n) is 7.08. The molecule has 1 aliphatic carbocycles. The molecule has 0 radical (unpaired) electrons. The van der Waals surface area contributed by atoms with Crippen LogP contribution in [0.1, 0.15) is 42.6 Å². The van der Waals surface area contributed by atoms with Crippen molar-refractivity contribution in [2.75, 3.05) is 12.4 Å². The van der Waals surface area contributed by atoms with Crippen molar-refractivity contribution in [2.24, 2.45) is 5.92 Å². The lowest BCUT2D eigenvalue weighted by molar-refractivity contribution is 0.415. The standard InChI is InChI=1S/C20H23N3O2S/c1-11-4-9-15-16(10-11)26-20-17(15)19(24)22-18(23-20)12(2)21-13-5-7-14(25-3)8-6-13/h5-8,11-12,21H,4,9-10H2,1-3H3,(H,22,23,24)/t11-,12+/m0/s1. The predicted octanol–water partition coefficient (Wildman–Crippen LogP) is 4.29. The van der Waals surface area contributed by atoms with E-state index in [1.165, 1.54) is 10.4 Å². The molecule has 26 heavy (non-hydrogen) atoms. The van der Waals surface area contributed by atoms with E-state index in [1.807, 2.05) is 31.2 Å². The van der Waals surface area contributed by atoms with Gasteiger partial charge in [-0.3, -0.25) is 4.79 Å². The maximum Gasteiger partial charge on any atom is 0.259 e. The molecule has 136 valence electrons. The number of aryl methyl sites for hydroxylation is 1. The summed E-state index contributed by atoms with van der Waals surface area (Å²) in [4.78, 5) is 22.7. The molecule has 1 aliphatic rings. The molecule has 2 heterocycles. The van der Waals surface area contributed by atoms with Crippen LogP contribution >= 0.6 is 11.3 Å². The molecule has 5 nitrogen and oxygen atoms in total. The van der Waals surface area contributed by atoms with Gasteiger partial charge in [0.05, 0.1) is 18.5 Å². The molecule has 4 rings (SSSR count). The molecule has 0 aliphatic heterocycles. The molecule has 0 amide bonds. The third kappa shape index (κ3) is 3.09. The first-order valence-corrected chi connectivity index (χ1v) is 9.82. The van der Waals surface area contributed by atoms with Crippen LogP contribution in [0.2, 0.25) is 0 Å². The number of aromatic nitrogens is 2. The summed E-state index contributed by atoms with van der Waals surface area (Å²) >= 11 is 1.69. The highest BCUT2D eigenvalue weighted by Gasteiger charge is 2.23. The molecule has 0 bridgehead atoms. The summed E-state index contributed by atoms with van der Waals surface area (Å²) < 4.78 is 5.18. The fourth-order valence-corrected chi connectivity index (χ4v) is 4.97. The molecule has 0 saturated carbocycles. The van der Waals surface area contributed by atoms with Gasteiger partial charge in [0.25, 0.3) is 5.56 Å². The highest BCUT2D eigenvalue weighted by atomic mass is 32.1. The molecule has 1 aromatic carbocycles. The first-order valence-electron chi connectivity index (χ1n) is 9.00. The monoisotopic (exact) mass is 369 g/mol. The molecule has 0 saturated heterocycles. The van der Waals surface area contributed by atoms with E-state index in [9.17, 15) is 4.79 Å². The van der Waals surface area contributed by atoms with Gasteiger partial charge in [0.1, 0.15) is 16.4 Å². The quantitative estimate of drug-likeness (QED) is 0.720. The third-order valence-corrected chi connectivity index (χ3v) is 6.22. The highest BCUT2D eigenvalue weighted by molar-refractivity contribution is 7.18. The first kappa shape index (κ1) is 17.1. The van der Waals surface area contributed by atoms with Crippen LogP contribution in [-0.4, -0.2) is 17.1 Å². The van der Waals surface area contributed by atoms with Crippen molar-refractivity contribution < 1.29 is 4.74 Å². The zero-order valence-corrected chi connectivity index (χ0v) is 16.1. The fraction of sp³-hybridized carbons (Fsp3) is 0.400. The van der Waals surface area contributed by atoms with Gasteiger partial charge in [-0.25, -0.2) is 4.98 Å². The number of hydrogen-bond donors (Lipinski definition) is 2. The maximum atomic E-state index is 12.7. The molecule has 2 N–H and O–H groups in total. The Labute approximate surface area is 156 Å². The van der Waals surface area contributed by atoms with E-state index in [2.05, 4.69) is 17.2 Å². The van der Waals surface area contributed by atoms with Gasteiger partial charge in [0.15, 0.2) is 0 Å². The maximum absolute atomic E-state index is 12.7. The van der Waals surface area contributed by atoms with Gasteiger partial charge in [-0.2, -0.15) is 0 Å². The summed E-state index contributed by atoms with van der Waals surface area (Å²) in [5, 5.41) is 4.19. The van der Waals surface area contributed by atoms with E-state index in [4.69, 9.17) is 9.72 Å². The van der Waals surface area contributed by atoms with E-state index >= 15 is 0 Å². The van der Waals surface area contributed by atoms with Crippen molar-refractivity contribution in [2.45, 2.75) is 39.2 Å². The zero-order valence-electron chi connectivity index (χ0n) is 15.3. The van der Waals surface area contributed by atoms with Crippen LogP contribution in [0.4, 0.5) is 5.69 Å². The number of ether oxygens (including phenoxy) is 1. The Bertz CT molecular complexity index is 991. The summed E-state index contributed by atoms with van der Waals surface area (Å²) in [5.74, 6) is 2.17. The second-order valence-corrected chi connectivity index (χ2v) is 8.16. The minimum atomic E-state index is -0.0986. The van der Waals surface area contributed by atoms with Crippen molar-refractivity contribution in [1.82, 2.24) is 9.97 Å². The molecule has 3 aromatic rings. The van der Waals surface area contributed by atoms with Gasteiger partial charge in [0, 0.05) is 10.6 Å². The van der Waals surface area contributed by atoms with Gasteiger partial charge >= 0.3 is 0 Å². The molecule has 2 atom stereocenters. The normalized spacial score (nSPS) is 17.7. The number of benzene rings is 1. The Morgan fingerprint density at radius 2 is 2.12 bits per heavy atom. The van der Waals surface area contributed by atoms with Crippen LogP contribution in [0, 0.1) is 5.92 Å². The Balaban J connectivity index is 1.65. The number of thiophene rings is 1.